The molecule has 2 aromatic carbocycles. The molecule has 0 saturated heterocycles. The second-order valence-corrected chi connectivity index (χ2v) is 6.61. The minimum Gasteiger partial charge on any atom is -0.503 e. The smallest absolute Gasteiger partial charge is 0.403 e. The van der Waals surface area contributed by atoms with Gasteiger partial charge in [-0.1, -0.05) is 73.8 Å². The van der Waals surface area contributed by atoms with Gasteiger partial charge in [0.25, 0.3) is 0 Å². The molecule has 0 aliphatic rings. The highest BCUT2D eigenvalue weighted by Crippen LogP contribution is 1.98. The molecular weight excluding hydrogens is 336 g/mol. The Labute approximate surface area is 145 Å². The summed E-state index contributed by atoms with van der Waals surface area (Å²) in [6.07, 6.45) is 3.44. The van der Waals surface area contributed by atoms with Crippen molar-refractivity contribution in [3.8, 4) is 0 Å². The van der Waals surface area contributed by atoms with E-state index in [2.05, 4.69) is 13.2 Å². The van der Waals surface area contributed by atoms with Crippen LogP contribution in [0.3, 0.4) is 0 Å². The summed E-state index contributed by atoms with van der Waals surface area (Å²) in [5, 5.41) is 1.62. The van der Waals surface area contributed by atoms with Gasteiger partial charge < -0.3 is 8.85 Å². The van der Waals surface area contributed by atoms with E-state index in [9.17, 15) is 9.59 Å². The molecule has 0 unspecified atom stereocenters. The van der Waals surface area contributed by atoms with E-state index >= 15 is 0 Å². The van der Waals surface area contributed by atoms with E-state index in [0.717, 1.165) is 21.5 Å². The van der Waals surface area contributed by atoms with E-state index in [0.29, 0.717) is 0 Å². The quantitative estimate of drug-likeness (QED) is 0.581. The van der Waals surface area contributed by atoms with Crippen LogP contribution in [0.5, 0.6) is 0 Å². The summed E-state index contributed by atoms with van der Waals surface area (Å²) >= 11 is 0. The molecule has 0 bridgehead atoms. The van der Waals surface area contributed by atoms with Crippen molar-refractivity contribution < 1.29 is 18.4 Å². The van der Waals surface area contributed by atoms with Crippen LogP contribution < -0.4 is 10.4 Å². The third-order valence-electron chi connectivity index (χ3n) is 2.98. The Morgan fingerprint density at radius 1 is 0.708 bits per heavy atom. The number of benzene rings is 2. The fraction of sp³-hybridized carbons (Fsp3) is 0. The van der Waals surface area contributed by atoms with Crippen LogP contribution in [-0.4, -0.2) is 31.5 Å². The molecule has 0 spiro atoms. The first-order valence-electron chi connectivity index (χ1n) is 7.01. The Hall–Kier alpha value is -2.71. The largest absolute Gasteiger partial charge is 0.503 e. The van der Waals surface area contributed by atoms with Crippen LogP contribution in [0, 0.1) is 0 Å². The van der Waals surface area contributed by atoms with Gasteiger partial charge in [-0.25, -0.2) is 9.59 Å². The van der Waals surface area contributed by atoms with Crippen LogP contribution in [-0.2, 0) is 18.4 Å². The van der Waals surface area contributed by atoms with Crippen LogP contribution in [0.4, 0.5) is 0 Å². The van der Waals surface area contributed by atoms with Crippen molar-refractivity contribution in [2.45, 2.75) is 0 Å². The maximum atomic E-state index is 11.6. The predicted molar refractivity (Wildman–Crippen MR) is 96.0 cm³/mol. The molecule has 24 heavy (non-hydrogen) atoms. The van der Waals surface area contributed by atoms with E-state index in [1.165, 1.54) is 0 Å². The second-order valence-electron chi connectivity index (χ2n) is 4.64. The zero-order valence-electron chi connectivity index (χ0n) is 12.8. The minimum atomic E-state index is -0.989. The lowest BCUT2D eigenvalue weighted by Crippen LogP contribution is -2.30. The van der Waals surface area contributed by atoms with Gasteiger partial charge in [0.1, 0.15) is 0 Å². The van der Waals surface area contributed by atoms with E-state index < -0.39 is 11.9 Å². The minimum absolute atomic E-state index is 0.248. The van der Waals surface area contributed by atoms with Crippen molar-refractivity contribution in [1.82, 2.24) is 0 Å². The Morgan fingerprint density at radius 2 is 1.04 bits per heavy atom. The molecule has 0 N–H and O–H groups in total. The van der Waals surface area contributed by atoms with Gasteiger partial charge in [-0.05, 0) is 21.5 Å². The van der Waals surface area contributed by atoms with E-state index in [4.69, 9.17) is 8.85 Å². The number of hydrogen-bond acceptors (Lipinski definition) is 4. The molecule has 2 aromatic rings. The van der Waals surface area contributed by atoms with E-state index in [1.54, 1.807) is 12.2 Å². The van der Waals surface area contributed by atoms with Gasteiger partial charge in [0.2, 0.25) is 0 Å². The lowest BCUT2D eigenvalue weighted by molar-refractivity contribution is -0.156. The molecule has 6 heteroatoms. The molecule has 118 valence electrons. The molecule has 0 saturated carbocycles. The van der Waals surface area contributed by atoms with E-state index in [1.807, 2.05) is 48.5 Å². The molecule has 2 rings (SSSR count). The van der Waals surface area contributed by atoms with Gasteiger partial charge in [-0.15, -0.1) is 0 Å². The van der Waals surface area contributed by atoms with Gasteiger partial charge in [0.15, 0.2) is 0 Å². The summed E-state index contributed by atoms with van der Waals surface area (Å²) in [6, 6.07) is 14.7. The first-order valence-corrected chi connectivity index (χ1v) is 8.83. The normalized spacial score (nSPS) is 9.83. The van der Waals surface area contributed by atoms with Gasteiger partial charge >= 0.3 is 31.5 Å². The number of carbonyl (C=O) groups excluding carboxylic acids is 2. The van der Waals surface area contributed by atoms with Gasteiger partial charge in [0, 0.05) is 0 Å². The number of carbonyl (C=O) groups is 2. The average Bonchev–Trinajstić information content (AvgIpc) is 2.64. The monoisotopic (exact) mass is 350 g/mol. The molecule has 0 aliphatic heterocycles. The highest BCUT2D eigenvalue weighted by Gasteiger charge is 2.18. The Bertz CT molecular complexity index is 671. The maximum Gasteiger partial charge on any atom is 0.403 e. The van der Waals surface area contributed by atoms with Crippen molar-refractivity contribution in [2.24, 2.45) is 0 Å². The van der Waals surface area contributed by atoms with Crippen molar-refractivity contribution in [3.05, 3.63) is 72.8 Å². The molecule has 0 aromatic heterocycles. The fourth-order valence-corrected chi connectivity index (χ4v) is 2.86. The van der Waals surface area contributed by atoms with Gasteiger partial charge in [-0.3, -0.25) is 0 Å². The zero-order valence-corrected chi connectivity index (χ0v) is 14.8. The highest BCUT2D eigenvalue weighted by atomic mass is 28.2. The highest BCUT2D eigenvalue weighted by molar-refractivity contribution is 6.55. The zero-order chi connectivity index (χ0) is 17.4. The first-order chi connectivity index (χ1) is 11.6. The third-order valence-corrected chi connectivity index (χ3v) is 4.70. The second kappa shape index (κ2) is 8.80. The van der Waals surface area contributed by atoms with E-state index in [-0.39, 0.29) is 19.5 Å². The molecular formula is C18H14O4Si2. The predicted octanol–water partition coefficient (Wildman–Crippen LogP) is 1.25. The molecule has 0 fully saturated rings. The maximum absolute atomic E-state index is 11.6. The fourth-order valence-electron chi connectivity index (χ4n) is 1.67. The standard InChI is InChI=1S/C18H14O4Si2/c1-3-13-5-9-15(10-6-13)23-21-17(19)18(20)22-24-16-11-7-14(4-2)8-12-16/h3-12H,1-2H2. The Kier molecular flexibility index (Phi) is 6.47. The van der Waals surface area contributed by atoms with Crippen molar-refractivity contribution in [1.29, 1.82) is 0 Å². The van der Waals surface area contributed by atoms with Crippen molar-refractivity contribution >= 4 is 54.0 Å². The van der Waals surface area contributed by atoms with Crippen LogP contribution in [0.15, 0.2) is 61.7 Å². The molecule has 0 amide bonds. The Balaban J connectivity index is 1.79. The first kappa shape index (κ1) is 17.6. The summed E-state index contributed by atoms with van der Waals surface area (Å²) in [6.45, 7) is 7.33. The lowest BCUT2D eigenvalue weighted by Gasteiger charge is -2.05. The van der Waals surface area contributed by atoms with Gasteiger partial charge in [-0.2, -0.15) is 0 Å². The van der Waals surface area contributed by atoms with Crippen LogP contribution in [0.2, 0.25) is 0 Å². The SMILES string of the molecule is C=Cc1ccc([Si]OC(=O)C(=O)O[Si]c2ccc(C=C)cc2)cc1. The molecule has 0 heterocycles. The molecule has 4 radical (unpaired) electrons. The summed E-state index contributed by atoms with van der Waals surface area (Å²) < 4.78 is 9.94. The summed E-state index contributed by atoms with van der Waals surface area (Å²) in [7, 11) is -0.496. The number of hydrogen-bond donors (Lipinski definition) is 0. The average molecular weight is 350 g/mol. The van der Waals surface area contributed by atoms with Crippen molar-refractivity contribution in [2.75, 3.05) is 0 Å². The number of rotatable bonds is 6. The summed E-state index contributed by atoms with van der Waals surface area (Å²) in [4.78, 5) is 23.3. The molecule has 0 atom stereocenters. The molecule has 0 aliphatic carbocycles. The van der Waals surface area contributed by atoms with Crippen LogP contribution in [0.25, 0.3) is 12.2 Å². The third kappa shape index (κ3) is 5.18. The van der Waals surface area contributed by atoms with Crippen LogP contribution in [0.1, 0.15) is 11.1 Å². The topological polar surface area (TPSA) is 52.6 Å². The Morgan fingerprint density at radius 3 is 1.33 bits per heavy atom. The van der Waals surface area contributed by atoms with Gasteiger partial charge in [0.05, 0.1) is 0 Å². The van der Waals surface area contributed by atoms with Crippen molar-refractivity contribution in [3.63, 3.8) is 0 Å². The molecule has 4 nitrogen and oxygen atoms in total. The summed E-state index contributed by atoms with van der Waals surface area (Å²) in [5.74, 6) is -1.98. The lowest BCUT2D eigenvalue weighted by atomic mass is 10.2. The summed E-state index contributed by atoms with van der Waals surface area (Å²) in [5.41, 5.74) is 1.94. The van der Waals surface area contributed by atoms with Crippen LogP contribution >= 0.6 is 0 Å².